The molecule has 2 unspecified atom stereocenters. The van der Waals surface area contributed by atoms with Crippen LogP contribution in [0.25, 0.3) is 0 Å². The first-order chi connectivity index (χ1) is 7.15. The summed E-state index contributed by atoms with van der Waals surface area (Å²) in [5, 5.41) is 4.17. The molecule has 0 amide bonds. The third kappa shape index (κ3) is 2.30. The molecule has 0 aliphatic rings. The zero-order valence-electron chi connectivity index (χ0n) is 9.82. The van der Waals surface area contributed by atoms with E-state index >= 15 is 0 Å². The quantitative estimate of drug-likeness (QED) is 0.564. The SMILES string of the molecule is CCC(C)C(NN)c1c(OC)cnn1C. The highest BCUT2D eigenvalue weighted by Crippen LogP contribution is 2.30. The van der Waals surface area contributed by atoms with Crippen molar-refractivity contribution < 1.29 is 4.74 Å². The van der Waals surface area contributed by atoms with E-state index in [4.69, 9.17) is 10.6 Å². The molecule has 0 saturated heterocycles. The molecular formula is C10H20N4O. The Bertz CT molecular complexity index is 310. The van der Waals surface area contributed by atoms with Gasteiger partial charge >= 0.3 is 0 Å². The normalized spacial score (nSPS) is 15.0. The second kappa shape index (κ2) is 5.14. The number of hydrogen-bond donors (Lipinski definition) is 2. The van der Waals surface area contributed by atoms with Gasteiger partial charge in [-0.25, -0.2) is 0 Å². The average Bonchev–Trinajstić information content (AvgIpc) is 2.61. The molecule has 0 spiro atoms. The van der Waals surface area contributed by atoms with Gasteiger partial charge < -0.3 is 4.74 Å². The van der Waals surface area contributed by atoms with Crippen LogP contribution in [0, 0.1) is 5.92 Å². The zero-order valence-corrected chi connectivity index (χ0v) is 9.82. The highest BCUT2D eigenvalue weighted by molar-refractivity contribution is 5.28. The zero-order chi connectivity index (χ0) is 11.4. The van der Waals surface area contributed by atoms with Crippen LogP contribution in [0.2, 0.25) is 0 Å². The minimum Gasteiger partial charge on any atom is -0.493 e. The number of nitrogens with one attached hydrogen (secondary N) is 1. The molecule has 0 saturated carbocycles. The number of aromatic nitrogens is 2. The Morgan fingerprint density at radius 1 is 1.67 bits per heavy atom. The highest BCUT2D eigenvalue weighted by Gasteiger charge is 2.23. The monoisotopic (exact) mass is 212 g/mol. The van der Waals surface area contributed by atoms with Crippen LogP contribution in [-0.4, -0.2) is 16.9 Å². The summed E-state index contributed by atoms with van der Waals surface area (Å²) in [5.74, 6) is 6.79. The van der Waals surface area contributed by atoms with Gasteiger partial charge in [0.25, 0.3) is 0 Å². The van der Waals surface area contributed by atoms with Gasteiger partial charge in [0.1, 0.15) is 0 Å². The van der Waals surface area contributed by atoms with Crippen LogP contribution in [0.4, 0.5) is 0 Å². The minimum atomic E-state index is 0.0671. The first-order valence-corrected chi connectivity index (χ1v) is 5.17. The Morgan fingerprint density at radius 2 is 2.33 bits per heavy atom. The molecule has 0 aliphatic carbocycles. The molecule has 5 nitrogen and oxygen atoms in total. The largest absolute Gasteiger partial charge is 0.493 e. The summed E-state index contributed by atoms with van der Waals surface area (Å²) in [6.07, 6.45) is 2.76. The first-order valence-electron chi connectivity index (χ1n) is 5.17. The fourth-order valence-electron chi connectivity index (χ4n) is 1.69. The van der Waals surface area contributed by atoms with Gasteiger partial charge in [-0.15, -0.1) is 0 Å². The van der Waals surface area contributed by atoms with Crippen LogP contribution >= 0.6 is 0 Å². The number of nitrogens with two attached hydrogens (primary N) is 1. The van der Waals surface area contributed by atoms with Gasteiger partial charge in [-0.05, 0) is 5.92 Å². The topological polar surface area (TPSA) is 65.1 Å². The lowest BCUT2D eigenvalue weighted by Crippen LogP contribution is -2.34. The van der Waals surface area contributed by atoms with Crippen LogP contribution < -0.4 is 16.0 Å². The smallest absolute Gasteiger partial charge is 0.161 e. The van der Waals surface area contributed by atoms with Crippen LogP contribution in [0.3, 0.4) is 0 Å². The lowest BCUT2D eigenvalue weighted by atomic mass is 9.96. The Labute approximate surface area is 90.6 Å². The Morgan fingerprint density at radius 3 is 2.80 bits per heavy atom. The lowest BCUT2D eigenvalue weighted by Gasteiger charge is -2.23. The molecule has 3 N–H and O–H groups in total. The van der Waals surface area contributed by atoms with Gasteiger partial charge in [0.2, 0.25) is 0 Å². The second-order valence-corrected chi connectivity index (χ2v) is 3.75. The number of aryl methyl sites for hydroxylation is 1. The fraction of sp³-hybridized carbons (Fsp3) is 0.700. The maximum absolute atomic E-state index is 5.59. The van der Waals surface area contributed by atoms with Crippen molar-refractivity contribution in [1.29, 1.82) is 0 Å². The van der Waals surface area contributed by atoms with Crippen molar-refractivity contribution in [2.75, 3.05) is 7.11 Å². The van der Waals surface area contributed by atoms with Crippen molar-refractivity contribution in [3.8, 4) is 5.75 Å². The van der Waals surface area contributed by atoms with Crippen LogP contribution in [-0.2, 0) is 7.05 Å². The van der Waals surface area contributed by atoms with E-state index in [1.807, 2.05) is 7.05 Å². The van der Waals surface area contributed by atoms with Crippen molar-refractivity contribution >= 4 is 0 Å². The van der Waals surface area contributed by atoms with Gasteiger partial charge in [-0.3, -0.25) is 16.0 Å². The molecule has 0 radical (unpaired) electrons. The van der Waals surface area contributed by atoms with Crippen molar-refractivity contribution in [3.05, 3.63) is 11.9 Å². The third-order valence-electron chi connectivity index (χ3n) is 2.86. The van der Waals surface area contributed by atoms with Gasteiger partial charge in [0, 0.05) is 7.05 Å². The summed E-state index contributed by atoms with van der Waals surface area (Å²) in [7, 11) is 3.54. The molecule has 0 fully saturated rings. The van der Waals surface area contributed by atoms with E-state index in [1.54, 1.807) is 18.0 Å². The van der Waals surface area contributed by atoms with Gasteiger partial charge in [0.15, 0.2) is 5.75 Å². The van der Waals surface area contributed by atoms with Crippen LogP contribution in [0.15, 0.2) is 6.20 Å². The molecule has 86 valence electrons. The Kier molecular flexibility index (Phi) is 4.11. The Hall–Kier alpha value is -1.07. The van der Waals surface area contributed by atoms with E-state index in [2.05, 4.69) is 24.4 Å². The number of hydrazine groups is 1. The van der Waals surface area contributed by atoms with Crippen molar-refractivity contribution in [3.63, 3.8) is 0 Å². The minimum absolute atomic E-state index is 0.0671. The standard InChI is InChI=1S/C10H20N4O/c1-5-7(2)9(13-11)10-8(15-4)6-12-14(10)3/h6-7,9,13H,5,11H2,1-4H3. The number of rotatable bonds is 5. The lowest BCUT2D eigenvalue weighted by molar-refractivity contribution is 0.340. The first kappa shape index (κ1) is 12.0. The molecule has 0 aromatic carbocycles. The van der Waals surface area contributed by atoms with Gasteiger partial charge in [-0.2, -0.15) is 5.10 Å². The molecule has 1 rings (SSSR count). The summed E-state index contributed by atoms with van der Waals surface area (Å²) >= 11 is 0. The summed E-state index contributed by atoms with van der Waals surface area (Å²) < 4.78 is 7.07. The predicted octanol–water partition coefficient (Wildman–Crippen LogP) is 0.979. The van der Waals surface area contributed by atoms with E-state index in [-0.39, 0.29) is 6.04 Å². The summed E-state index contributed by atoms with van der Waals surface area (Å²) in [6.45, 7) is 4.29. The van der Waals surface area contributed by atoms with Crippen molar-refractivity contribution in [1.82, 2.24) is 15.2 Å². The molecule has 0 aliphatic heterocycles. The molecule has 2 atom stereocenters. The molecular weight excluding hydrogens is 192 g/mol. The van der Waals surface area contributed by atoms with E-state index in [0.29, 0.717) is 5.92 Å². The number of nitrogens with zero attached hydrogens (tertiary/aromatic N) is 2. The predicted molar refractivity (Wildman–Crippen MR) is 59.3 cm³/mol. The molecule has 1 aromatic rings. The van der Waals surface area contributed by atoms with Gasteiger partial charge in [0.05, 0.1) is 25.0 Å². The number of ether oxygens (including phenoxy) is 1. The van der Waals surface area contributed by atoms with E-state index in [9.17, 15) is 0 Å². The number of methoxy groups -OCH3 is 1. The van der Waals surface area contributed by atoms with E-state index in [0.717, 1.165) is 17.9 Å². The summed E-state index contributed by atoms with van der Waals surface area (Å²) in [5.41, 5.74) is 3.82. The van der Waals surface area contributed by atoms with Crippen molar-refractivity contribution in [2.24, 2.45) is 18.8 Å². The summed E-state index contributed by atoms with van der Waals surface area (Å²) in [6, 6.07) is 0.0671. The van der Waals surface area contributed by atoms with Gasteiger partial charge in [-0.1, -0.05) is 20.3 Å². The van der Waals surface area contributed by atoms with Crippen molar-refractivity contribution in [2.45, 2.75) is 26.3 Å². The van der Waals surface area contributed by atoms with Crippen LogP contribution in [0.5, 0.6) is 5.75 Å². The molecule has 1 aromatic heterocycles. The third-order valence-corrected chi connectivity index (χ3v) is 2.86. The fourth-order valence-corrected chi connectivity index (χ4v) is 1.69. The molecule has 0 bridgehead atoms. The van der Waals surface area contributed by atoms with E-state index in [1.165, 1.54) is 0 Å². The number of hydrogen-bond acceptors (Lipinski definition) is 4. The average molecular weight is 212 g/mol. The Balaban J connectivity index is 3.04. The maximum Gasteiger partial charge on any atom is 0.161 e. The summed E-state index contributed by atoms with van der Waals surface area (Å²) in [4.78, 5) is 0. The molecule has 1 heterocycles. The van der Waals surface area contributed by atoms with Crippen LogP contribution in [0.1, 0.15) is 32.0 Å². The van der Waals surface area contributed by atoms with E-state index < -0.39 is 0 Å². The maximum atomic E-state index is 5.59. The highest BCUT2D eigenvalue weighted by atomic mass is 16.5. The second-order valence-electron chi connectivity index (χ2n) is 3.75. The molecule has 5 heteroatoms. The molecule has 15 heavy (non-hydrogen) atoms.